The number of carbonyl (C=O) groups is 16. The van der Waals surface area contributed by atoms with Gasteiger partial charge in [-0.2, -0.15) is 0 Å². The zero-order valence-electron chi connectivity index (χ0n) is 80.3. The van der Waals surface area contributed by atoms with Gasteiger partial charge in [-0.3, -0.25) is 71.9 Å². The molecule has 0 saturated carbocycles. The van der Waals surface area contributed by atoms with Crippen molar-refractivity contribution in [2.75, 3.05) is 65.9 Å². The maximum Gasteiger partial charge on any atom is 0.304 e. The van der Waals surface area contributed by atoms with Crippen LogP contribution in [0.3, 0.4) is 0 Å². The highest BCUT2D eigenvalue weighted by molar-refractivity contribution is 8.00. The Bertz CT molecular complexity index is 5430. The van der Waals surface area contributed by atoms with E-state index >= 15 is 37.5 Å². The SMILES string of the molecule is CCCC[C@@H](C(=O)N1CCC[C@@H]1C(=O)C[C@@H](CC(=O)O)C(=O)C[C@H](C(=O)N(C)[C@@H](Cc1ccccc1)C(=O)N[C@@H](Cc1ccc(CN)cc1)C(=O)N1CCC[C@@H]1C=O)C(C)C)N(C)C(=O)[C@H](Cc1ccccc1)N(C)C(=O)[C@H](Cc1cc(F)c(F)c(F)c1)NC(=O)CSC[C@H](NC(=O)[C@H](CCCCN)NC(=O)[C@H](Cc1ccc(O)cc1)NC(=O)[C@@H](CNC)Cc1c[nH]c2ccccc12)C(=O)CCC(N)=O. The lowest BCUT2D eigenvalue weighted by Gasteiger charge is -2.38. The van der Waals surface area contributed by atoms with Gasteiger partial charge in [-0.25, -0.2) is 13.2 Å². The van der Waals surface area contributed by atoms with Gasteiger partial charge in [0.15, 0.2) is 29.0 Å². The van der Waals surface area contributed by atoms with E-state index in [2.05, 4.69) is 36.9 Å². The Morgan fingerprint density at radius 3 is 1.71 bits per heavy atom. The number of aliphatic carboxylic acids is 1. The van der Waals surface area contributed by atoms with Crippen molar-refractivity contribution in [2.24, 2.45) is 40.9 Å². The molecule has 0 aliphatic carbocycles. The predicted octanol–water partition coefficient (Wildman–Crippen LogP) is 6.60. The number of ketones is 3. The number of likely N-dealkylation sites (N-methyl/N-ethyl adjacent to an activating group) is 3. The third kappa shape index (κ3) is 31.8. The van der Waals surface area contributed by atoms with Crippen LogP contribution in [0, 0.1) is 41.1 Å². The number of fused-ring (bicyclic) bond motifs is 1. The van der Waals surface area contributed by atoms with Crippen molar-refractivity contribution in [2.45, 2.75) is 223 Å². The fourth-order valence-corrected chi connectivity index (χ4v) is 18.9. The maximum atomic E-state index is 15.8. The van der Waals surface area contributed by atoms with Gasteiger partial charge in [-0.1, -0.05) is 149 Å². The number of aldehydes is 1. The number of hydrogen-bond donors (Lipinski definition) is 12. The third-order valence-corrected chi connectivity index (χ3v) is 27.1. The number of nitrogens with zero attached hydrogens (tertiary/aromatic N) is 5. The number of benzene rings is 6. The number of carboxylic acid groups (broad SMARTS) is 1. The van der Waals surface area contributed by atoms with Crippen LogP contribution >= 0.6 is 11.8 Å². The molecule has 0 unspecified atom stereocenters. The number of nitrogens with one attached hydrogen (secondary N) is 7. The molecule has 2 aliphatic heterocycles. The average molecular weight is 1960 g/mol. The fraction of sp³-hybridized carbons (Fsp3) is 0.476. The van der Waals surface area contributed by atoms with Gasteiger partial charge >= 0.3 is 5.97 Å². The number of aromatic hydroxyl groups is 1. The van der Waals surface area contributed by atoms with Crippen LogP contribution in [0.2, 0.25) is 0 Å². The Morgan fingerprint density at radius 1 is 0.543 bits per heavy atom. The number of hydrogen-bond acceptors (Lipinski definition) is 21. The van der Waals surface area contributed by atoms with E-state index in [1.54, 1.807) is 124 Å². The number of nitrogens with two attached hydrogens (primary N) is 3. The van der Waals surface area contributed by atoms with Crippen LogP contribution in [-0.2, 0) is 122 Å². The van der Waals surface area contributed by atoms with Crippen molar-refractivity contribution in [3.8, 4) is 5.75 Å². The summed E-state index contributed by atoms with van der Waals surface area (Å²) in [4.78, 5) is 241. The van der Waals surface area contributed by atoms with E-state index in [0.717, 1.165) is 43.6 Å². The number of aromatic nitrogens is 1. The first-order valence-corrected chi connectivity index (χ1v) is 48.8. The summed E-state index contributed by atoms with van der Waals surface area (Å²) in [5.41, 5.74) is 21.8. The molecule has 11 amide bonds. The maximum absolute atomic E-state index is 15.8. The number of H-pyrrole nitrogens is 1. The van der Waals surface area contributed by atoms with E-state index in [1.165, 1.54) is 48.0 Å². The van der Waals surface area contributed by atoms with Gasteiger partial charge in [-0.15, -0.1) is 11.8 Å². The molecule has 1 aromatic heterocycles. The van der Waals surface area contributed by atoms with Crippen molar-refractivity contribution in [1.29, 1.82) is 0 Å². The van der Waals surface area contributed by atoms with Crippen LogP contribution in [0.25, 0.3) is 10.9 Å². The van der Waals surface area contributed by atoms with Crippen LogP contribution in [0.1, 0.15) is 156 Å². The molecule has 37 heteroatoms. The van der Waals surface area contributed by atoms with Crippen molar-refractivity contribution >= 4 is 117 Å². The number of Topliss-reactive ketones (excluding diaryl/α,β-unsaturated/α-hetero) is 3. The standard InChI is InChI=1S/C103H132F3N15O18S/c1-8-9-30-85(103(139)121-44-21-31-84(121)90(126)53-69(54-93(129)130)89(125)55-75(62(2)3)99(135)118(6)86(50-63-22-12-10-13-23-63)98(134)115-82(48-65-32-34-67(56-108)35-33-65)101(137)120-43-20-26-72(120)59-122)117(5)102(138)87(51-64-24-14-11-15-25-64)119(7)100(136)81(49-68-45-76(104)94(106)77(105)46-68)112-92(128)61-140-60-83(88(124)40-41-91(109)127)116-96(132)79(29-18-19-42-107)113-97(133)80(47-66-36-38-73(123)39-37-66)114-95(131)71(57-110-4)52-70-58-111-78-28-17-16-27-74(70)78/h10-17,22-25,27-28,32-39,45-46,58-59,62,69,71-72,75,79-87,110-111,123H,8-9,18-21,26,29-31,40-44,47-57,60-61,107-108H2,1-7H3,(H2,109,127)(H,112,128)(H,113,133)(H,114,131)(H,115,134)(H,116,132)(H,129,130)/t69-,71+,72+,75-,79-,80-,81-,82-,83-,84+,85-,86-,87-/m0/s1. The summed E-state index contributed by atoms with van der Waals surface area (Å²) in [5, 5.41) is 38.4. The van der Waals surface area contributed by atoms with Crippen molar-refractivity contribution in [1.82, 2.24) is 61.4 Å². The monoisotopic (exact) mass is 1960 g/mol. The number of thioether (sulfide) groups is 1. The van der Waals surface area contributed by atoms with Crippen LogP contribution in [0.5, 0.6) is 5.75 Å². The number of amides is 11. The molecule has 0 bridgehead atoms. The molecule has 9 rings (SSSR count). The molecule has 0 radical (unpaired) electrons. The molecular formula is C103H132F3N15O18S. The Kier molecular flexibility index (Phi) is 43.1. The number of phenols is 1. The van der Waals surface area contributed by atoms with E-state index in [1.807, 2.05) is 31.2 Å². The topological polar surface area (TPSA) is 496 Å². The lowest BCUT2D eigenvalue weighted by Crippen LogP contribution is -2.59. The molecule has 3 heterocycles. The highest BCUT2D eigenvalue weighted by Gasteiger charge is 2.46. The van der Waals surface area contributed by atoms with Crippen LogP contribution in [0.4, 0.5) is 13.2 Å². The van der Waals surface area contributed by atoms with Gasteiger partial charge in [0.25, 0.3) is 0 Å². The lowest BCUT2D eigenvalue weighted by molar-refractivity contribution is -0.152. The first-order chi connectivity index (χ1) is 66.9. The van der Waals surface area contributed by atoms with Crippen LogP contribution in [-0.4, -0.2) is 261 Å². The molecule has 140 heavy (non-hydrogen) atoms. The average Bonchev–Trinajstić information content (AvgIpc) is 1.64. The molecule has 2 fully saturated rings. The Morgan fingerprint density at radius 2 is 1.10 bits per heavy atom. The molecule has 6 aromatic carbocycles. The molecule has 0 spiro atoms. The van der Waals surface area contributed by atoms with Crippen molar-refractivity contribution < 1.29 is 100 Å². The van der Waals surface area contributed by atoms with E-state index in [4.69, 9.17) is 17.2 Å². The van der Waals surface area contributed by atoms with Crippen molar-refractivity contribution in [3.05, 3.63) is 208 Å². The first-order valence-electron chi connectivity index (χ1n) is 47.7. The second-order valence-corrected chi connectivity index (χ2v) is 37.6. The van der Waals surface area contributed by atoms with Gasteiger partial charge in [0.05, 0.1) is 36.2 Å². The number of carboxylic acids is 1. The molecule has 33 nitrogen and oxygen atoms in total. The lowest BCUT2D eigenvalue weighted by atomic mass is 9.82. The number of aromatic amines is 1. The zero-order chi connectivity index (χ0) is 102. The van der Waals surface area contributed by atoms with Gasteiger partial charge in [0, 0.05) is 140 Å². The summed E-state index contributed by atoms with van der Waals surface area (Å²) in [6.07, 6.45) is 1.10. The summed E-state index contributed by atoms with van der Waals surface area (Å²) < 4.78 is 45.2. The molecule has 7 aromatic rings. The van der Waals surface area contributed by atoms with E-state index in [9.17, 15) is 62.5 Å². The van der Waals surface area contributed by atoms with E-state index in [-0.39, 0.29) is 108 Å². The number of primary amides is 1. The Labute approximate surface area is 817 Å². The highest BCUT2D eigenvalue weighted by Crippen LogP contribution is 2.32. The zero-order valence-corrected chi connectivity index (χ0v) is 81.1. The van der Waals surface area contributed by atoms with E-state index < -0.39 is 240 Å². The quantitative estimate of drug-likeness (QED) is 0.0109. The molecule has 2 saturated heterocycles. The smallest absolute Gasteiger partial charge is 0.304 e. The number of rotatable bonds is 57. The molecule has 13 atom stereocenters. The van der Waals surface area contributed by atoms with E-state index in [0.29, 0.717) is 72.8 Å². The summed E-state index contributed by atoms with van der Waals surface area (Å²) >= 11 is 0.748. The highest BCUT2D eigenvalue weighted by atomic mass is 32.2. The number of carbonyl (C=O) groups excluding carboxylic acids is 15. The molecule has 15 N–H and O–H groups in total. The third-order valence-electron chi connectivity index (χ3n) is 26.0. The van der Waals surface area contributed by atoms with Crippen LogP contribution < -0.4 is 49.1 Å². The molecular weight excluding hydrogens is 1820 g/mol. The normalized spacial score (nSPS) is 15.9. The van der Waals surface area contributed by atoms with Crippen LogP contribution in [0.15, 0.2) is 152 Å². The van der Waals surface area contributed by atoms with Gasteiger partial charge in [-0.05, 0) is 147 Å². The molecule has 754 valence electrons. The minimum Gasteiger partial charge on any atom is -0.508 e. The molecule has 2 aliphatic rings. The summed E-state index contributed by atoms with van der Waals surface area (Å²) in [5.74, 6) is -22.6. The van der Waals surface area contributed by atoms with Crippen molar-refractivity contribution in [3.63, 3.8) is 0 Å². The minimum absolute atomic E-state index is 0.00737. The van der Waals surface area contributed by atoms with Gasteiger partial charge < -0.3 is 93.6 Å². The van der Waals surface area contributed by atoms with Gasteiger partial charge in [0.2, 0.25) is 65.0 Å². The van der Waals surface area contributed by atoms with Gasteiger partial charge in [0.1, 0.15) is 60.1 Å². The second kappa shape index (κ2) is 54.5. The predicted molar refractivity (Wildman–Crippen MR) is 521 cm³/mol. The largest absolute Gasteiger partial charge is 0.508 e. The minimum atomic E-state index is -1.85. The first kappa shape index (κ1) is 111. The number of phenolic OH excluding ortho intramolecular Hbond substituents is 1. The Hall–Kier alpha value is -13.0. The summed E-state index contributed by atoms with van der Waals surface area (Å²) in [6.45, 7) is 6.03. The summed E-state index contributed by atoms with van der Waals surface area (Å²) in [7, 11) is 5.62. The Balaban J connectivity index is 0.922. The number of likely N-dealkylation sites (tertiary alicyclic amines) is 2. The summed E-state index contributed by atoms with van der Waals surface area (Å²) in [6, 6.07) is 25.4. The number of para-hydroxylation sites is 1. The number of halogens is 3. The number of unbranched alkanes of at least 4 members (excludes halogenated alkanes) is 2. The fourth-order valence-electron chi connectivity index (χ4n) is 18.0. The second-order valence-electron chi connectivity index (χ2n) is 36.6.